The van der Waals surface area contributed by atoms with Crippen LogP contribution in [0.25, 0.3) is 0 Å². The summed E-state index contributed by atoms with van der Waals surface area (Å²) in [7, 11) is 2.05. The van der Waals surface area contributed by atoms with E-state index in [0.29, 0.717) is 5.92 Å². The molecule has 0 amide bonds. The highest BCUT2D eigenvalue weighted by atomic mass is 35.5. The van der Waals surface area contributed by atoms with Crippen LogP contribution in [0, 0.1) is 5.92 Å². The molecule has 0 aromatic rings. The Morgan fingerprint density at radius 3 is 2.69 bits per heavy atom. The van der Waals surface area contributed by atoms with Crippen LogP contribution in [0.15, 0.2) is 12.0 Å². The molecule has 0 aromatic carbocycles. The maximum atomic E-state index is 5.56. The van der Waals surface area contributed by atoms with Gasteiger partial charge in [-0.15, -0.1) is 12.4 Å². The van der Waals surface area contributed by atoms with E-state index in [0.717, 1.165) is 19.8 Å². The zero-order valence-corrected chi connectivity index (χ0v) is 8.77. The number of halogens is 1. The summed E-state index contributed by atoms with van der Waals surface area (Å²) in [5.41, 5.74) is 0. The van der Waals surface area contributed by atoms with Crippen LogP contribution in [-0.2, 0) is 4.74 Å². The quantitative estimate of drug-likeness (QED) is 0.694. The van der Waals surface area contributed by atoms with Crippen LogP contribution >= 0.6 is 12.4 Å². The topological polar surface area (TPSA) is 24.5 Å². The molecule has 0 bridgehead atoms. The van der Waals surface area contributed by atoms with Gasteiger partial charge in [0, 0.05) is 19.2 Å². The molecule has 1 fully saturated rings. The molecule has 3 nitrogen and oxygen atoms in total. The minimum atomic E-state index is 0. The van der Waals surface area contributed by atoms with Gasteiger partial charge in [-0.1, -0.05) is 0 Å². The number of hydrogen-bond donors (Lipinski definition) is 1. The Kier molecular flexibility index (Phi) is 3.88. The highest BCUT2D eigenvalue weighted by Gasteiger charge is 2.22. The van der Waals surface area contributed by atoms with Crippen molar-refractivity contribution in [3.8, 4) is 0 Å². The van der Waals surface area contributed by atoms with Gasteiger partial charge in [0.25, 0.3) is 0 Å². The minimum absolute atomic E-state index is 0. The van der Waals surface area contributed by atoms with Crippen molar-refractivity contribution in [2.45, 2.75) is 12.8 Å². The average Bonchev–Trinajstić information content (AvgIpc) is 2.54. The van der Waals surface area contributed by atoms with Gasteiger partial charge in [0.15, 0.2) is 6.73 Å². The lowest BCUT2D eigenvalue weighted by Crippen LogP contribution is -2.28. The largest absolute Gasteiger partial charge is 0.476 e. The molecular weight excluding hydrogens is 188 g/mol. The van der Waals surface area contributed by atoms with Crippen molar-refractivity contribution in [1.82, 2.24) is 10.2 Å². The summed E-state index contributed by atoms with van der Waals surface area (Å²) < 4.78 is 5.56. The van der Waals surface area contributed by atoms with Crippen LogP contribution in [0.2, 0.25) is 0 Å². The van der Waals surface area contributed by atoms with Gasteiger partial charge in [-0.3, -0.25) is 0 Å². The predicted octanol–water partition coefficient (Wildman–Crippen LogP) is 1.17. The molecule has 0 atom stereocenters. The van der Waals surface area contributed by atoms with Crippen molar-refractivity contribution in [2.24, 2.45) is 5.92 Å². The second-order valence-corrected chi connectivity index (χ2v) is 3.59. The maximum absolute atomic E-state index is 5.56. The molecule has 0 aliphatic carbocycles. The Bertz CT molecular complexity index is 190. The average molecular weight is 205 g/mol. The Morgan fingerprint density at radius 1 is 1.46 bits per heavy atom. The third-order valence-corrected chi connectivity index (χ3v) is 2.52. The number of allylic oxidation sites excluding steroid dienone is 1. The van der Waals surface area contributed by atoms with E-state index in [9.17, 15) is 0 Å². The monoisotopic (exact) mass is 204 g/mol. The Hall–Kier alpha value is -0.410. The van der Waals surface area contributed by atoms with Crippen LogP contribution in [0.4, 0.5) is 0 Å². The van der Waals surface area contributed by atoms with Crippen molar-refractivity contribution < 1.29 is 4.74 Å². The first-order valence-electron chi connectivity index (χ1n) is 4.62. The summed E-state index contributed by atoms with van der Waals surface area (Å²) in [5, 5.41) is 3.35. The highest BCUT2D eigenvalue weighted by molar-refractivity contribution is 5.85. The van der Waals surface area contributed by atoms with E-state index in [1.807, 2.05) is 7.05 Å². The first-order valence-corrected chi connectivity index (χ1v) is 4.62. The molecule has 0 saturated carbocycles. The minimum Gasteiger partial charge on any atom is -0.476 e. The molecule has 0 unspecified atom stereocenters. The zero-order chi connectivity index (χ0) is 8.39. The number of nitrogens with one attached hydrogen (secondary N) is 1. The Balaban J connectivity index is 0.000000845. The van der Waals surface area contributed by atoms with Gasteiger partial charge in [0.05, 0.1) is 0 Å². The van der Waals surface area contributed by atoms with E-state index in [2.05, 4.69) is 16.4 Å². The molecule has 0 aromatic heterocycles. The SMILES string of the molecule is CN1C=C(C2CCNCC2)OC1.Cl. The van der Waals surface area contributed by atoms with E-state index in [-0.39, 0.29) is 12.4 Å². The summed E-state index contributed by atoms with van der Waals surface area (Å²) in [5.74, 6) is 1.86. The van der Waals surface area contributed by atoms with E-state index >= 15 is 0 Å². The Labute approximate surface area is 85.5 Å². The maximum Gasteiger partial charge on any atom is 0.160 e. The molecule has 2 aliphatic heterocycles. The van der Waals surface area contributed by atoms with Crippen molar-refractivity contribution in [1.29, 1.82) is 0 Å². The fourth-order valence-corrected chi connectivity index (χ4v) is 1.80. The van der Waals surface area contributed by atoms with Gasteiger partial charge >= 0.3 is 0 Å². The standard InChI is InChI=1S/C9H16N2O.ClH/c1-11-6-9(12-7-11)8-2-4-10-5-3-8;/h6,8,10H,2-5,7H2,1H3;1H. The summed E-state index contributed by atoms with van der Waals surface area (Å²) in [6.07, 6.45) is 4.58. The summed E-state index contributed by atoms with van der Waals surface area (Å²) in [6.45, 7) is 3.00. The van der Waals surface area contributed by atoms with Crippen LogP contribution in [0.1, 0.15) is 12.8 Å². The van der Waals surface area contributed by atoms with Crippen molar-refractivity contribution in [3.63, 3.8) is 0 Å². The van der Waals surface area contributed by atoms with Gasteiger partial charge in [-0.25, -0.2) is 0 Å². The summed E-state index contributed by atoms with van der Waals surface area (Å²) in [6, 6.07) is 0. The second kappa shape index (κ2) is 4.72. The third-order valence-electron chi connectivity index (χ3n) is 2.52. The fourth-order valence-electron chi connectivity index (χ4n) is 1.80. The third kappa shape index (κ3) is 2.51. The molecule has 2 heterocycles. The lowest BCUT2D eigenvalue weighted by Gasteiger charge is -2.22. The van der Waals surface area contributed by atoms with Gasteiger partial charge in [0.1, 0.15) is 5.76 Å². The van der Waals surface area contributed by atoms with Gasteiger partial charge in [-0.05, 0) is 25.9 Å². The normalized spacial score (nSPS) is 23.5. The molecule has 0 spiro atoms. The molecule has 2 aliphatic rings. The van der Waals surface area contributed by atoms with E-state index < -0.39 is 0 Å². The van der Waals surface area contributed by atoms with Crippen molar-refractivity contribution in [2.75, 3.05) is 26.9 Å². The number of piperidine rings is 1. The van der Waals surface area contributed by atoms with Gasteiger partial charge in [0.2, 0.25) is 0 Å². The molecule has 76 valence electrons. The lowest BCUT2D eigenvalue weighted by atomic mass is 9.96. The van der Waals surface area contributed by atoms with Crippen molar-refractivity contribution in [3.05, 3.63) is 12.0 Å². The fraction of sp³-hybridized carbons (Fsp3) is 0.778. The second-order valence-electron chi connectivity index (χ2n) is 3.59. The lowest BCUT2D eigenvalue weighted by molar-refractivity contribution is 0.140. The van der Waals surface area contributed by atoms with Crippen LogP contribution < -0.4 is 5.32 Å². The molecule has 2 rings (SSSR count). The van der Waals surface area contributed by atoms with E-state index in [1.165, 1.54) is 18.6 Å². The first kappa shape index (κ1) is 10.7. The number of nitrogens with zero attached hydrogens (tertiary/aromatic N) is 1. The van der Waals surface area contributed by atoms with Crippen LogP contribution in [0.5, 0.6) is 0 Å². The molecule has 1 saturated heterocycles. The number of hydrogen-bond acceptors (Lipinski definition) is 3. The zero-order valence-electron chi connectivity index (χ0n) is 7.95. The smallest absolute Gasteiger partial charge is 0.160 e. The van der Waals surface area contributed by atoms with E-state index in [4.69, 9.17) is 4.74 Å². The van der Waals surface area contributed by atoms with Crippen molar-refractivity contribution >= 4 is 12.4 Å². The first-order chi connectivity index (χ1) is 5.86. The molecular formula is C9H17ClN2O. The number of ether oxygens (including phenoxy) is 1. The van der Waals surface area contributed by atoms with E-state index in [1.54, 1.807) is 0 Å². The van der Waals surface area contributed by atoms with Crippen LogP contribution in [-0.4, -0.2) is 31.8 Å². The number of rotatable bonds is 1. The molecule has 1 N–H and O–H groups in total. The predicted molar refractivity (Wildman–Crippen MR) is 54.6 cm³/mol. The molecule has 13 heavy (non-hydrogen) atoms. The van der Waals surface area contributed by atoms with Gasteiger partial charge < -0.3 is 15.0 Å². The molecule has 4 heteroatoms. The summed E-state index contributed by atoms with van der Waals surface area (Å²) in [4.78, 5) is 2.09. The molecule has 0 radical (unpaired) electrons. The van der Waals surface area contributed by atoms with Gasteiger partial charge in [-0.2, -0.15) is 0 Å². The Morgan fingerprint density at radius 2 is 2.15 bits per heavy atom. The summed E-state index contributed by atoms with van der Waals surface area (Å²) >= 11 is 0. The van der Waals surface area contributed by atoms with Crippen LogP contribution in [0.3, 0.4) is 0 Å². The highest BCUT2D eigenvalue weighted by Crippen LogP contribution is 2.25.